The van der Waals surface area contributed by atoms with Gasteiger partial charge in [-0.1, -0.05) is 19.1 Å². The Morgan fingerprint density at radius 2 is 1.66 bits per heavy atom. The summed E-state index contributed by atoms with van der Waals surface area (Å²) < 4.78 is 38.2. The number of ketones is 1. The molecule has 10 heteroatoms. The quantitative estimate of drug-likeness (QED) is 0.481. The Bertz CT molecular complexity index is 1150. The minimum Gasteiger partial charge on any atom is -0.319 e. The van der Waals surface area contributed by atoms with Crippen LogP contribution in [0.5, 0.6) is 0 Å². The van der Waals surface area contributed by atoms with Crippen molar-refractivity contribution in [3.8, 4) is 0 Å². The average Bonchev–Trinajstić information content (AvgIpc) is 2.99. The molecule has 1 unspecified atom stereocenters. The van der Waals surface area contributed by atoms with E-state index < -0.39 is 45.6 Å². The van der Waals surface area contributed by atoms with Crippen LogP contribution in [0.2, 0.25) is 0 Å². The average molecular weight is 462 g/mol. The van der Waals surface area contributed by atoms with E-state index in [-0.39, 0.29) is 18.5 Å². The van der Waals surface area contributed by atoms with Crippen molar-refractivity contribution in [1.29, 1.82) is 0 Å². The molecule has 170 valence electrons. The number of rotatable bonds is 8. The Hall–Kier alpha value is -3.27. The molecule has 0 aliphatic carbocycles. The summed E-state index contributed by atoms with van der Waals surface area (Å²) in [6.07, 6.45) is 1.31. The first-order valence-corrected chi connectivity index (χ1v) is 11.9. The molecule has 0 saturated carbocycles. The van der Waals surface area contributed by atoms with Crippen LogP contribution in [-0.4, -0.2) is 50.4 Å². The minimum absolute atomic E-state index is 0.223. The number of nitrogens with zero attached hydrogens (tertiary/aromatic N) is 2. The maximum Gasteiger partial charge on any atom is 0.325 e. The van der Waals surface area contributed by atoms with E-state index in [1.807, 2.05) is 0 Å². The van der Waals surface area contributed by atoms with Gasteiger partial charge in [0.1, 0.15) is 11.4 Å². The van der Waals surface area contributed by atoms with Gasteiger partial charge in [-0.05, 0) is 55.3 Å². The second-order valence-corrected chi connectivity index (χ2v) is 9.39. The third-order valence-electron chi connectivity index (χ3n) is 5.51. The summed E-state index contributed by atoms with van der Waals surface area (Å²) >= 11 is 0. The molecule has 2 aromatic rings. The molecule has 1 fully saturated rings. The predicted molar refractivity (Wildman–Crippen MR) is 117 cm³/mol. The second kappa shape index (κ2) is 8.70. The van der Waals surface area contributed by atoms with Crippen molar-refractivity contribution in [3.63, 3.8) is 0 Å². The molecule has 1 aliphatic heterocycles. The smallest absolute Gasteiger partial charge is 0.319 e. The number of Topliss-reactive ketones (excluding diaryl/α,β-unsaturated/α-hetero) is 1. The Morgan fingerprint density at radius 3 is 2.16 bits per heavy atom. The van der Waals surface area contributed by atoms with Crippen LogP contribution in [0.1, 0.15) is 36.2 Å². The van der Waals surface area contributed by atoms with Crippen LogP contribution in [0.3, 0.4) is 0 Å². The first-order valence-electron chi connectivity index (χ1n) is 10.0. The summed E-state index contributed by atoms with van der Waals surface area (Å²) in [4.78, 5) is 39.3. The van der Waals surface area contributed by atoms with Crippen molar-refractivity contribution in [3.05, 3.63) is 65.5 Å². The molecule has 0 spiro atoms. The van der Waals surface area contributed by atoms with Gasteiger partial charge >= 0.3 is 6.03 Å². The highest BCUT2D eigenvalue weighted by Crippen LogP contribution is 2.32. The number of imide groups is 1. The molecule has 0 aromatic heterocycles. The minimum atomic E-state index is -3.46. The highest BCUT2D eigenvalue weighted by molar-refractivity contribution is 7.92. The molecule has 0 radical (unpaired) electrons. The number of carbonyl (C=O) groups excluding carboxylic acids is 3. The van der Waals surface area contributed by atoms with Crippen molar-refractivity contribution < 1.29 is 27.2 Å². The summed E-state index contributed by atoms with van der Waals surface area (Å²) in [5.74, 6) is -1.53. The molecule has 1 saturated heterocycles. The van der Waals surface area contributed by atoms with Crippen LogP contribution in [0.4, 0.5) is 14.9 Å². The van der Waals surface area contributed by atoms with Gasteiger partial charge in [0.15, 0.2) is 5.78 Å². The zero-order chi connectivity index (χ0) is 23.7. The van der Waals surface area contributed by atoms with Gasteiger partial charge in [-0.3, -0.25) is 18.8 Å². The zero-order valence-corrected chi connectivity index (χ0v) is 18.8. The first-order chi connectivity index (χ1) is 15.0. The molecule has 0 bridgehead atoms. The Morgan fingerprint density at radius 1 is 1.06 bits per heavy atom. The van der Waals surface area contributed by atoms with E-state index in [1.165, 1.54) is 52.8 Å². The van der Waals surface area contributed by atoms with Gasteiger partial charge in [-0.2, -0.15) is 0 Å². The number of sulfonamides is 1. The normalized spacial score (nSPS) is 18.6. The number of hydrogen-bond donors (Lipinski definition) is 1. The number of hydrogen-bond acceptors (Lipinski definition) is 5. The molecule has 1 atom stereocenters. The highest BCUT2D eigenvalue weighted by Gasteiger charge is 2.51. The lowest BCUT2D eigenvalue weighted by atomic mass is 9.87. The highest BCUT2D eigenvalue weighted by atomic mass is 32.2. The topological polar surface area (TPSA) is 104 Å². The van der Waals surface area contributed by atoms with Crippen molar-refractivity contribution in [2.75, 3.05) is 23.7 Å². The molecule has 3 amide bonds. The van der Waals surface area contributed by atoms with Gasteiger partial charge in [-0.15, -0.1) is 0 Å². The maximum atomic E-state index is 13.3. The Labute approximate surface area is 186 Å². The number of halogens is 1. The van der Waals surface area contributed by atoms with E-state index >= 15 is 0 Å². The number of urea groups is 1. The summed E-state index contributed by atoms with van der Waals surface area (Å²) in [5.41, 5.74) is -0.302. The van der Waals surface area contributed by atoms with Crippen LogP contribution >= 0.6 is 0 Å². The van der Waals surface area contributed by atoms with Crippen molar-refractivity contribution >= 4 is 33.4 Å². The van der Waals surface area contributed by atoms with Gasteiger partial charge in [0, 0.05) is 12.1 Å². The SMILES string of the molecule is CCN(c1ccc(C(=O)CN2C(=O)NC(CC)(c3ccc(F)cc3)C2=O)cc1)S(C)(=O)=O. The second-order valence-electron chi connectivity index (χ2n) is 7.49. The van der Waals surface area contributed by atoms with Gasteiger partial charge in [0.2, 0.25) is 10.0 Å². The lowest BCUT2D eigenvalue weighted by molar-refractivity contribution is -0.131. The van der Waals surface area contributed by atoms with E-state index in [0.717, 1.165) is 11.2 Å². The molecule has 1 heterocycles. The standard InChI is InChI=1S/C22H24FN3O5S/c1-4-22(16-8-10-17(23)11-9-16)20(28)25(21(29)24-22)14-19(27)15-6-12-18(13-7-15)26(5-2)32(3,30)31/h6-13H,4-5,14H2,1-3H3,(H,24,29). The first kappa shape index (κ1) is 23.4. The maximum absolute atomic E-state index is 13.3. The molecule has 1 aliphatic rings. The van der Waals surface area contributed by atoms with E-state index in [2.05, 4.69) is 5.32 Å². The molecule has 8 nitrogen and oxygen atoms in total. The van der Waals surface area contributed by atoms with E-state index in [9.17, 15) is 27.2 Å². The van der Waals surface area contributed by atoms with Crippen LogP contribution < -0.4 is 9.62 Å². The summed E-state index contributed by atoms with van der Waals surface area (Å²) in [6, 6.07) is 10.5. The lowest BCUT2D eigenvalue weighted by Crippen LogP contribution is -2.43. The number of benzene rings is 2. The largest absolute Gasteiger partial charge is 0.325 e. The molecule has 3 rings (SSSR count). The summed E-state index contributed by atoms with van der Waals surface area (Å²) in [6.45, 7) is 3.17. The molecular formula is C22H24FN3O5S. The fraction of sp³-hybridized carbons (Fsp3) is 0.318. The fourth-order valence-electron chi connectivity index (χ4n) is 3.80. The van der Waals surface area contributed by atoms with Crippen molar-refractivity contribution in [2.24, 2.45) is 0 Å². The van der Waals surface area contributed by atoms with Crippen LogP contribution in [-0.2, 0) is 20.4 Å². The third kappa shape index (κ3) is 4.22. The Kier molecular flexibility index (Phi) is 6.36. The lowest BCUT2D eigenvalue weighted by Gasteiger charge is -2.25. The van der Waals surface area contributed by atoms with Crippen LogP contribution in [0.25, 0.3) is 0 Å². The van der Waals surface area contributed by atoms with Crippen molar-refractivity contribution in [2.45, 2.75) is 25.8 Å². The monoisotopic (exact) mass is 461 g/mol. The van der Waals surface area contributed by atoms with E-state index in [0.29, 0.717) is 11.3 Å². The predicted octanol–water partition coefficient (Wildman–Crippen LogP) is 2.65. The molecule has 32 heavy (non-hydrogen) atoms. The third-order valence-corrected chi connectivity index (χ3v) is 6.78. The van der Waals surface area contributed by atoms with Gasteiger partial charge < -0.3 is 5.32 Å². The molecule has 2 aromatic carbocycles. The summed E-state index contributed by atoms with van der Waals surface area (Å²) in [7, 11) is -3.46. The van der Waals surface area contributed by atoms with Crippen LogP contribution in [0, 0.1) is 5.82 Å². The number of nitrogens with one attached hydrogen (secondary N) is 1. The molecular weight excluding hydrogens is 437 g/mol. The van der Waals surface area contributed by atoms with Crippen molar-refractivity contribution in [1.82, 2.24) is 10.2 Å². The number of amides is 3. The fourth-order valence-corrected chi connectivity index (χ4v) is 4.77. The van der Waals surface area contributed by atoms with Gasteiger partial charge in [0.25, 0.3) is 5.91 Å². The molecule has 1 N–H and O–H groups in total. The van der Waals surface area contributed by atoms with Gasteiger partial charge in [0.05, 0.1) is 18.5 Å². The van der Waals surface area contributed by atoms with E-state index in [1.54, 1.807) is 13.8 Å². The Balaban J connectivity index is 1.81. The number of carbonyl (C=O) groups is 3. The van der Waals surface area contributed by atoms with Gasteiger partial charge in [-0.25, -0.2) is 17.6 Å². The summed E-state index contributed by atoms with van der Waals surface area (Å²) in [5, 5.41) is 2.65. The number of anilines is 1. The van der Waals surface area contributed by atoms with Crippen LogP contribution in [0.15, 0.2) is 48.5 Å². The van der Waals surface area contributed by atoms with E-state index in [4.69, 9.17) is 0 Å². The zero-order valence-electron chi connectivity index (χ0n) is 18.0.